The third-order valence-corrected chi connectivity index (χ3v) is 7.46. The minimum Gasteiger partial charge on any atom is -0.543 e. The molecule has 3 N–H and O–H groups in total. The molecule has 2 aliphatic heterocycles. The molecule has 0 spiro atoms. The van der Waals surface area contributed by atoms with E-state index in [0.717, 1.165) is 16.2 Å². The average Bonchev–Trinajstić information content (AvgIpc) is 3.25. The molecule has 0 bridgehead atoms. The normalized spacial score (nSPS) is 19.5. The summed E-state index contributed by atoms with van der Waals surface area (Å²) >= 11 is 14.4. The summed E-state index contributed by atoms with van der Waals surface area (Å²) in [5.41, 5.74) is 5.89. The number of carbonyl (C=O) groups excluding carboxylic acids is 3. The molecule has 182 valence electrons. The van der Waals surface area contributed by atoms with E-state index in [9.17, 15) is 19.5 Å². The van der Waals surface area contributed by atoms with Crippen molar-refractivity contribution in [2.24, 2.45) is 5.16 Å². The first-order valence-electron chi connectivity index (χ1n) is 9.59. The molecule has 2 aromatic rings. The van der Waals surface area contributed by atoms with Crippen LogP contribution in [0, 0.1) is 0 Å². The molecule has 0 unspecified atom stereocenters. The van der Waals surface area contributed by atoms with Crippen LogP contribution in [0.5, 0.6) is 0 Å². The topological polar surface area (TPSA) is 176 Å². The van der Waals surface area contributed by atoms with Gasteiger partial charge in [0.25, 0.3) is 11.8 Å². The molecule has 0 aromatic carbocycles. The molecule has 1 saturated heterocycles. The standard InChI is InChI=1S/C19H15Cl2N7O5S2.Na/c1-33-27-10(9-5-35-19(22)25-9)15(29)26-11-16(30)28-12(18(31)32)7(4-34-17(11)28)2-3-8-13(20)23-6-24-14(8)21;/h2-3,5-6,11,17H,4H2,1H3,(H2,22,25)(H,26,29)(H,31,32);/q;+1/p-1/b3-2-,27-10-;/t11-,17+;/m1./s1. The molecule has 4 heterocycles. The Morgan fingerprint density at radius 1 is 1.33 bits per heavy atom. The minimum absolute atomic E-state index is 0. The van der Waals surface area contributed by atoms with E-state index in [2.05, 4.69) is 25.4 Å². The van der Waals surface area contributed by atoms with Crippen molar-refractivity contribution in [3.63, 3.8) is 0 Å². The second kappa shape index (κ2) is 11.9. The molecule has 0 saturated carbocycles. The number of allylic oxidation sites excluding steroid dienone is 1. The van der Waals surface area contributed by atoms with Gasteiger partial charge in [-0.1, -0.05) is 34.4 Å². The molecule has 17 heteroatoms. The number of hydrogen-bond donors (Lipinski definition) is 2. The van der Waals surface area contributed by atoms with Gasteiger partial charge in [-0.2, -0.15) is 0 Å². The number of fused-ring (bicyclic) bond motifs is 1. The summed E-state index contributed by atoms with van der Waals surface area (Å²) in [5.74, 6) is -2.71. The minimum atomic E-state index is -1.55. The van der Waals surface area contributed by atoms with Crippen molar-refractivity contribution in [2.45, 2.75) is 11.4 Å². The Kier molecular flexibility index (Phi) is 9.38. The number of oxime groups is 1. The number of hydrogen-bond acceptors (Lipinski definition) is 12. The van der Waals surface area contributed by atoms with Gasteiger partial charge in [-0.3, -0.25) is 14.5 Å². The van der Waals surface area contributed by atoms with Crippen molar-refractivity contribution in [2.75, 3.05) is 18.6 Å². The SMILES string of the molecule is CO/N=C(\C(=O)N[C@@H]1C(=O)N2C(C(=O)[O-])=C(/C=C\c3c(Cl)ncnc3Cl)CS[C@@H]12)c1csc(N)n1.[Na+]. The van der Waals surface area contributed by atoms with Gasteiger partial charge < -0.3 is 25.8 Å². The molecule has 12 nitrogen and oxygen atoms in total. The van der Waals surface area contributed by atoms with E-state index in [1.807, 2.05) is 0 Å². The number of aliphatic carboxylic acids is 1. The van der Waals surface area contributed by atoms with E-state index < -0.39 is 29.2 Å². The number of nitrogens with one attached hydrogen (secondary N) is 1. The van der Waals surface area contributed by atoms with Crippen LogP contribution >= 0.6 is 46.3 Å². The first kappa shape index (κ1) is 28.4. The summed E-state index contributed by atoms with van der Waals surface area (Å²) in [7, 11) is 1.25. The van der Waals surface area contributed by atoms with Crippen molar-refractivity contribution in [1.29, 1.82) is 0 Å². The van der Waals surface area contributed by atoms with Crippen molar-refractivity contribution in [3.8, 4) is 0 Å². The molecular formula is C19H14Cl2N7NaO5S2. The third-order valence-electron chi connectivity index (χ3n) is 4.88. The number of nitrogens with two attached hydrogens (primary N) is 1. The zero-order chi connectivity index (χ0) is 25.3. The quantitative estimate of drug-likeness (QED) is 0.116. The van der Waals surface area contributed by atoms with Crippen LogP contribution < -0.4 is 45.7 Å². The van der Waals surface area contributed by atoms with Gasteiger partial charge >= 0.3 is 29.6 Å². The maximum atomic E-state index is 12.9. The van der Waals surface area contributed by atoms with Gasteiger partial charge in [0.05, 0.1) is 11.7 Å². The Balaban J connectivity index is 0.00000361. The van der Waals surface area contributed by atoms with E-state index in [-0.39, 0.29) is 67.9 Å². The van der Waals surface area contributed by atoms with E-state index >= 15 is 0 Å². The molecule has 36 heavy (non-hydrogen) atoms. The smallest absolute Gasteiger partial charge is 0.543 e. The predicted octanol–water partition coefficient (Wildman–Crippen LogP) is -2.71. The fourth-order valence-corrected chi connectivity index (χ4v) is 5.64. The van der Waals surface area contributed by atoms with Crippen molar-refractivity contribution in [3.05, 3.63) is 50.6 Å². The van der Waals surface area contributed by atoms with Crippen LogP contribution in [0.15, 0.2) is 34.2 Å². The number of carboxylic acid groups (broad SMARTS) is 1. The Labute approximate surface area is 244 Å². The average molecular weight is 578 g/mol. The summed E-state index contributed by atoms with van der Waals surface area (Å²) in [5, 5.41) is 19.4. The van der Waals surface area contributed by atoms with Crippen molar-refractivity contribution >= 4 is 81.0 Å². The maximum absolute atomic E-state index is 12.9. The molecule has 4 rings (SSSR count). The van der Waals surface area contributed by atoms with Crippen LogP contribution in [0.3, 0.4) is 0 Å². The van der Waals surface area contributed by atoms with Crippen molar-refractivity contribution in [1.82, 2.24) is 25.2 Å². The van der Waals surface area contributed by atoms with Crippen LogP contribution in [0.2, 0.25) is 10.3 Å². The van der Waals surface area contributed by atoms with Crippen LogP contribution in [-0.2, 0) is 19.2 Å². The number of β-lactam (4-membered cyclic amide) rings is 1. The molecular weight excluding hydrogens is 564 g/mol. The van der Waals surface area contributed by atoms with E-state index in [4.69, 9.17) is 33.8 Å². The fourth-order valence-electron chi connectivity index (χ4n) is 3.34. The Bertz CT molecular complexity index is 1300. The van der Waals surface area contributed by atoms with Gasteiger partial charge in [0.15, 0.2) is 10.8 Å². The van der Waals surface area contributed by atoms with Gasteiger partial charge in [-0.05, 0) is 11.6 Å². The summed E-state index contributed by atoms with van der Waals surface area (Å²) in [6.45, 7) is 0. The van der Waals surface area contributed by atoms with E-state index in [1.54, 1.807) is 0 Å². The zero-order valence-electron chi connectivity index (χ0n) is 18.6. The summed E-state index contributed by atoms with van der Waals surface area (Å²) in [6.07, 6.45) is 4.11. The number of carboxylic acids is 1. The van der Waals surface area contributed by atoms with Gasteiger partial charge in [0.1, 0.15) is 40.9 Å². The van der Waals surface area contributed by atoms with Gasteiger partial charge in [-0.15, -0.1) is 23.1 Å². The predicted molar refractivity (Wildman–Crippen MR) is 128 cm³/mol. The second-order valence-electron chi connectivity index (χ2n) is 6.92. The monoisotopic (exact) mass is 577 g/mol. The number of nitrogens with zero attached hydrogens (tertiary/aromatic N) is 5. The molecule has 2 aromatic heterocycles. The van der Waals surface area contributed by atoms with Gasteiger partial charge in [0, 0.05) is 16.7 Å². The molecule has 0 radical (unpaired) electrons. The number of aromatic nitrogens is 3. The summed E-state index contributed by atoms with van der Waals surface area (Å²) in [6, 6.07) is -1.00. The molecule has 2 atom stereocenters. The molecule has 1 fully saturated rings. The number of thioether (sulfide) groups is 1. The zero-order valence-corrected chi connectivity index (χ0v) is 23.7. The first-order chi connectivity index (χ1) is 16.7. The number of carbonyl (C=O) groups is 3. The largest absolute Gasteiger partial charge is 1.00 e. The molecule has 0 aliphatic carbocycles. The Morgan fingerprint density at radius 3 is 2.61 bits per heavy atom. The maximum Gasteiger partial charge on any atom is 1.00 e. The number of halogens is 2. The van der Waals surface area contributed by atoms with E-state index in [1.165, 1.54) is 42.7 Å². The Hall–Kier alpha value is -2.20. The summed E-state index contributed by atoms with van der Waals surface area (Å²) in [4.78, 5) is 55.1. The third kappa shape index (κ3) is 5.54. The van der Waals surface area contributed by atoms with Crippen LogP contribution in [-0.4, -0.2) is 67.6 Å². The second-order valence-corrected chi connectivity index (χ2v) is 9.63. The van der Waals surface area contributed by atoms with Crippen LogP contribution in [0.25, 0.3) is 6.08 Å². The number of thiazole rings is 1. The number of rotatable bonds is 7. The molecule has 2 aliphatic rings. The number of anilines is 1. The molecule has 2 amide bonds. The Morgan fingerprint density at radius 2 is 2.03 bits per heavy atom. The van der Waals surface area contributed by atoms with E-state index in [0.29, 0.717) is 11.1 Å². The number of amides is 2. The first-order valence-corrected chi connectivity index (χ1v) is 12.3. The summed E-state index contributed by atoms with van der Waals surface area (Å²) < 4.78 is 0. The number of nitrogen functional groups attached to an aromatic ring is 1. The van der Waals surface area contributed by atoms with Crippen LogP contribution in [0.1, 0.15) is 11.3 Å². The fraction of sp³-hybridized carbons (Fsp3) is 0.211. The van der Waals surface area contributed by atoms with Gasteiger partial charge in [-0.25, -0.2) is 15.0 Å². The van der Waals surface area contributed by atoms with Crippen molar-refractivity contribution < 1.29 is 53.9 Å². The van der Waals surface area contributed by atoms with Crippen LogP contribution in [0.4, 0.5) is 5.13 Å². The van der Waals surface area contributed by atoms with Gasteiger partial charge in [0.2, 0.25) is 0 Å².